The molecule has 2 aliphatic heterocycles. The van der Waals surface area contributed by atoms with Crippen molar-refractivity contribution in [3.05, 3.63) is 86.9 Å². The Labute approximate surface area is 181 Å². The number of nitrogens with zero attached hydrogens (tertiary/aromatic N) is 4. The fraction of sp³-hybridized carbons (Fsp3) is 0.130. The van der Waals surface area contributed by atoms with E-state index < -0.39 is 0 Å². The Morgan fingerprint density at radius 1 is 0.750 bits per heavy atom. The molecule has 0 amide bonds. The molecule has 0 fully saturated rings. The summed E-state index contributed by atoms with van der Waals surface area (Å²) in [6.45, 7) is 2.95. The van der Waals surface area contributed by atoms with Crippen molar-refractivity contribution in [1.82, 2.24) is 0 Å². The van der Waals surface area contributed by atoms with E-state index in [9.17, 15) is 0 Å². The van der Waals surface area contributed by atoms with Crippen LogP contribution in [-0.4, -0.2) is 20.8 Å². The molecular formula is C23H23N4Os-3. The molecule has 0 unspecified atom stereocenters. The van der Waals surface area contributed by atoms with Gasteiger partial charge >= 0.3 is 0 Å². The molecule has 3 aromatic carbocycles. The monoisotopic (exact) mass is 547 g/mol. The number of para-hydroxylation sites is 4. The summed E-state index contributed by atoms with van der Waals surface area (Å²) in [4.78, 5) is 8.92. The van der Waals surface area contributed by atoms with Gasteiger partial charge in [-0.2, -0.15) is 12.7 Å². The molecule has 0 atom stereocenters. The number of anilines is 6. The van der Waals surface area contributed by atoms with E-state index >= 15 is 0 Å². The van der Waals surface area contributed by atoms with E-state index in [0.29, 0.717) is 0 Å². The van der Waals surface area contributed by atoms with Crippen molar-refractivity contribution in [1.29, 1.82) is 0 Å². The van der Waals surface area contributed by atoms with Crippen LogP contribution in [-0.2, 0) is 19.8 Å². The van der Waals surface area contributed by atoms with Gasteiger partial charge in [0.15, 0.2) is 0 Å². The fourth-order valence-corrected chi connectivity index (χ4v) is 3.78. The summed E-state index contributed by atoms with van der Waals surface area (Å²) in [6, 6.07) is 26.9. The average molecular weight is 546 g/mol. The van der Waals surface area contributed by atoms with Crippen molar-refractivity contribution in [3.63, 3.8) is 0 Å². The SMILES string of the molecule is CN1[CH-]N(c2[c-]c(N3CN(C)c4ccccc43)ccc2)c2ccccc21.[CH3-].[Os]. The second-order valence-electron chi connectivity index (χ2n) is 6.76. The zero-order chi connectivity index (χ0) is 17.7. The number of hydrogen-bond donors (Lipinski definition) is 0. The molecule has 0 bridgehead atoms. The molecule has 0 radical (unpaired) electrons. The fourth-order valence-electron chi connectivity index (χ4n) is 3.78. The normalized spacial score (nSPS) is 14.4. The van der Waals surface area contributed by atoms with E-state index in [0.717, 1.165) is 18.0 Å². The molecule has 0 N–H and O–H groups in total. The minimum atomic E-state index is 0. The number of benzene rings is 3. The van der Waals surface area contributed by atoms with Gasteiger partial charge in [0.05, 0.1) is 18.0 Å². The Kier molecular flexibility index (Phi) is 5.68. The standard InChI is InChI=1S/C22H20N4.CH3.Os/c1-23-15-25(21-12-5-3-10-19(21)23)17-8-7-9-18(14-17)26-16-24(2)20-11-4-6-13-22(20)26;;/h3-13,15H,16H2,1-2H3;1H3;/q-2;-1;. The number of rotatable bonds is 2. The predicted octanol–water partition coefficient (Wildman–Crippen LogP) is 5.19. The Balaban J connectivity index is 0.00000112. The minimum Gasteiger partial charge on any atom is -0.504 e. The molecule has 2 aliphatic rings. The van der Waals surface area contributed by atoms with Crippen molar-refractivity contribution in [3.8, 4) is 0 Å². The van der Waals surface area contributed by atoms with E-state index in [1.54, 1.807) is 0 Å². The van der Waals surface area contributed by atoms with Gasteiger partial charge in [0.2, 0.25) is 0 Å². The van der Waals surface area contributed by atoms with Gasteiger partial charge in [0.1, 0.15) is 0 Å². The van der Waals surface area contributed by atoms with Gasteiger partial charge in [0, 0.05) is 38.2 Å². The first-order chi connectivity index (χ1) is 12.7. The van der Waals surface area contributed by atoms with E-state index in [4.69, 9.17) is 0 Å². The van der Waals surface area contributed by atoms with Crippen LogP contribution in [0.1, 0.15) is 0 Å². The van der Waals surface area contributed by atoms with Crippen LogP contribution in [0, 0.1) is 20.2 Å². The maximum absolute atomic E-state index is 3.62. The zero-order valence-corrected chi connectivity index (χ0v) is 18.8. The zero-order valence-electron chi connectivity index (χ0n) is 16.3. The van der Waals surface area contributed by atoms with Crippen molar-refractivity contribution >= 4 is 34.1 Å². The Hall–Kier alpha value is -2.50. The van der Waals surface area contributed by atoms with Gasteiger partial charge in [0.25, 0.3) is 0 Å². The largest absolute Gasteiger partial charge is 0.504 e. The quantitative estimate of drug-likeness (QED) is 0.411. The summed E-state index contributed by atoms with van der Waals surface area (Å²) >= 11 is 0. The van der Waals surface area contributed by atoms with Crippen LogP contribution in [0.3, 0.4) is 0 Å². The predicted molar refractivity (Wildman–Crippen MR) is 115 cm³/mol. The molecule has 0 aliphatic carbocycles. The van der Waals surface area contributed by atoms with Gasteiger partial charge in [-0.3, -0.25) is 0 Å². The maximum atomic E-state index is 3.62. The molecule has 5 rings (SSSR count). The topological polar surface area (TPSA) is 13.0 Å². The average Bonchev–Trinajstić information content (AvgIpc) is 3.20. The molecule has 4 nitrogen and oxygen atoms in total. The summed E-state index contributed by atoms with van der Waals surface area (Å²) in [5, 5.41) is 0. The van der Waals surface area contributed by atoms with Crippen LogP contribution >= 0.6 is 0 Å². The molecule has 146 valence electrons. The van der Waals surface area contributed by atoms with Gasteiger partial charge in [-0.25, -0.2) is 0 Å². The summed E-state index contributed by atoms with van der Waals surface area (Å²) in [7, 11) is 4.20. The number of hydrogen-bond acceptors (Lipinski definition) is 4. The van der Waals surface area contributed by atoms with Crippen molar-refractivity contribution < 1.29 is 19.8 Å². The minimum absolute atomic E-state index is 0. The Morgan fingerprint density at radius 2 is 1.36 bits per heavy atom. The molecular weight excluding hydrogens is 523 g/mol. The number of fused-ring (bicyclic) bond motifs is 2. The van der Waals surface area contributed by atoms with Crippen LogP contribution in [0.2, 0.25) is 0 Å². The first kappa shape index (κ1) is 20.2. The molecule has 2 heterocycles. The third-order valence-electron chi connectivity index (χ3n) is 5.06. The molecule has 28 heavy (non-hydrogen) atoms. The van der Waals surface area contributed by atoms with Crippen molar-refractivity contribution in [2.45, 2.75) is 0 Å². The molecule has 5 heteroatoms. The Bertz CT molecular complexity index is 899. The summed E-state index contributed by atoms with van der Waals surface area (Å²) in [6.07, 6.45) is 0. The second kappa shape index (κ2) is 7.85. The van der Waals surface area contributed by atoms with Crippen molar-refractivity contribution in [2.24, 2.45) is 0 Å². The molecule has 3 aromatic rings. The van der Waals surface area contributed by atoms with Crippen LogP contribution in [0.15, 0.2) is 66.7 Å². The van der Waals surface area contributed by atoms with Gasteiger partial charge < -0.3 is 27.0 Å². The summed E-state index contributed by atoms with van der Waals surface area (Å²) < 4.78 is 0. The third-order valence-corrected chi connectivity index (χ3v) is 5.06. The molecule has 0 aromatic heterocycles. The Morgan fingerprint density at radius 3 is 2.11 bits per heavy atom. The third kappa shape index (κ3) is 3.14. The summed E-state index contributed by atoms with van der Waals surface area (Å²) in [5.41, 5.74) is 7.00. The van der Waals surface area contributed by atoms with Gasteiger partial charge in [-0.15, -0.1) is 23.9 Å². The molecule has 0 spiro atoms. The smallest absolute Gasteiger partial charge is 0.0927 e. The van der Waals surface area contributed by atoms with Crippen LogP contribution in [0.25, 0.3) is 0 Å². The van der Waals surface area contributed by atoms with Gasteiger partial charge in [-0.05, 0) is 31.3 Å². The first-order valence-corrected chi connectivity index (χ1v) is 8.78. The van der Waals surface area contributed by atoms with Crippen LogP contribution in [0.5, 0.6) is 0 Å². The van der Waals surface area contributed by atoms with Crippen LogP contribution in [0.4, 0.5) is 34.1 Å². The van der Waals surface area contributed by atoms with Crippen molar-refractivity contribution in [2.75, 3.05) is 40.4 Å². The molecule has 0 saturated carbocycles. The maximum Gasteiger partial charge on any atom is 0.0927 e. The van der Waals surface area contributed by atoms with E-state index in [2.05, 4.69) is 113 Å². The van der Waals surface area contributed by atoms with Gasteiger partial charge in [-0.1, -0.05) is 30.0 Å². The molecule has 0 saturated heterocycles. The van der Waals surface area contributed by atoms with E-state index in [-0.39, 0.29) is 27.2 Å². The van der Waals surface area contributed by atoms with Crippen LogP contribution < -0.4 is 19.6 Å². The van der Waals surface area contributed by atoms with E-state index in [1.807, 2.05) is 0 Å². The summed E-state index contributed by atoms with van der Waals surface area (Å²) in [5.74, 6) is 0. The first-order valence-electron chi connectivity index (χ1n) is 8.78. The second-order valence-corrected chi connectivity index (χ2v) is 6.76. The van der Waals surface area contributed by atoms with E-state index in [1.165, 1.54) is 22.7 Å².